The Labute approximate surface area is 108 Å². The van der Waals surface area contributed by atoms with E-state index < -0.39 is 0 Å². The summed E-state index contributed by atoms with van der Waals surface area (Å²) in [5.74, 6) is 0.610. The first kappa shape index (κ1) is 11.5. The maximum absolute atomic E-state index is 11.4. The van der Waals surface area contributed by atoms with Gasteiger partial charge < -0.3 is 5.32 Å². The van der Waals surface area contributed by atoms with Crippen molar-refractivity contribution >= 4 is 11.5 Å². The number of hydrogen-bond acceptors (Lipinski definition) is 5. The fourth-order valence-electron chi connectivity index (χ4n) is 1.80. The summed E-state index contributed by atoms with van der Waals surface area (Å²) in [5.41, 5.74) is 2.32. The lowest BCUT2D eigenvalue weighted by molar-refractivity contribution is 0.738. The van der Waals surface area contributed by atoms with Gasteiger partial charge in [0.05, 0.1) is 6.20 Å². The predicted molar refractivity (Wildman–Crippen MR) is 68.9 cm³/mol. The van der Waals surface area contributed by atoms with E-state index in [1.165, 1.54) is 4.52 Å². The predicted octanol–water partition coefficient (Wildman–Crippen LogP) is 0.0716. The third kappa shape index (κ3) is 1.96. The maximum Gasteiger partial charge on any atom is 0.364 e. The molecule has 0 saturated carbocycles. The van der Waals surface area contributed by atoms with E-state index in [2.05, 4.69) is 25.7 Å². The van der Waals surface area contributed by atoms with Gasteiger partial charge in [-0.3, -0.25) is 4.68 Å². The summed E-state index contributed by atoms with van der Waals surface area (Å²) in [6.07, 6.45) is 1.81. The fraction of sp³-hybridized carbons (Fsp3) is 0.273. The van der Waals surface area contributed by atoms with Crippen LogP contribution in [0.1, 0.15) is 11.3 Å². The molecule has 98 valence electrons. The molecule has 0 atom stereocenters. The zero-order chi connectivity index (χ0) is 13.4. The van der Waals surface area contributed by atoms with Crippen LogP contribution in [0.15, 0.2) is 23.1 Å². The van der Waals surface area contributed by atoms with Gasteiger partial charge in [-0.2, -0.15) is 14.7 Å². The Morgan fingerprint density at radius 1 is 1.42 bits per heavy atom. The third-order valence-electron chi connectivity index (χ3n) is 3.07. The fourth-order valence-corrected chi connectivity index (χ4v) is 1.80. The molecule has 0 aliphatic heterocycles. The summed E-state index contributed by atoms with van der Waals surface area (Å²) in [4.78, 5) is 11.4. The Hall–Kier alpha value is -2.64. The summed E-state index contributed by atoms with van der Waals surface area (Å²) < 4.78 is 3.03. The normalized spacial score (nSPS) is 11.1. The van der Waals surface area contributed by atoms with Crippen molar-refractivity contribution in [3.63, 3.8) is 0 Å². The van der Waals surface area contributed by atoms with E-state index >= 15 is 0 Å². The summed E-state index contributed by atoms with van der Waals surface area (Å²) in [7, 11) is 1.90. The quantitative estimate of drug-likeness (QED) is 0.694. The van der Waals surface area contributed by atoms with Gasteiger partial charge in [0, 0.05) is 24.8 Å². The minimum atomic E-state index is -0.351. The SMILES string of the molecule is Cc1c(CNc2ccc3n[nH]c(=O)n3n2)cnn1C. The second-order valence-corrected chi connectivity index (χ2v) is 4.25. The molecule has 3 aromatic rings. The maximum atomic E-state index is 11.4. The number of nitrogens with zero attached hydrogens (tertiary/aromatic N) is 5. The highest BCUT2D eigenvalue weighted by Gasteiger charge is 2.05. The molecule has 3 aromatic heterocycles. The lowest BCUT2D eigenvalue weighted by Gasteiger charge is -2.04. The van der Waals surface area contributed by atoms with Crippen molar-refractivity contribution in [1.82, 2.24) is 29.6 Å². The van der Waals surface area contributed by atoms with Gasteiger partial charge in [0.2, 0.25) is 0 Å². The first-order valence-electron chi connectivity index (χ1n) is 5.81. The van der Waals surface area contributed by atoms with Gasteiger partial charge >= 0.3 is 5.69 Å². The number of hydrogen-bond donors (Lipinski definition) is 2. The molecule has 0 bridgehead atoms. The summed E-state index contributed by atoms with van der Waals surface area (Å²) in [5, 5.41) is 17.6. The molecule has 3 heterocycles. The molecule has 0 aliphatic rings. The number of rotatable bonds is 3. The molecule has 0 unspecified atom stereocenters. The highest BCUT2D eigenvalue weighted by Crippen LogP contribution is 2.09. The van der Waals surface area contributed by atoms with Crippen molar-refractivity contribution in [1.29, 1.82) is 0 Å². The van der Waals surface area contributed by atoms with Crippen molar-refractivity contribution in [2.75, 3.05) is 5.32 Å². The van der Waals surface area contributed by atoms with Gasteiger partial charge in [-0.25, -0.2) is 9.89 Å². The molecule has 0 aliphatic carbocycles. The largest absolute Gasteiger partial charge is 0.364 e. The molecule has 2 N–H and O–H groups in total. The smallest absolute Gasteiger partial charge is 0.364 e. The van der Waals surface area contributed by atoms with Crippen LogP contribution in [0, 0.1) is 6.92 Å². The van der Waals surface area contributed by atoms with Crippen LogP contribution in [-0.4, -0.2) is 29.6 Å². The van der Waals surface area contributed by atoms with E-state index in [-0.39, 0.29) is 5.69 Å². The van der Waals surface area contributed by atoms with Crippen molar-refractivity contribution < 1.29 is 0 Å². The van der Waals surface area contributed by atoms with Crippen LogP contribution in [0.25, 0.3) is 5.65 Å². The first-order valence-corrected chi connectivity index (χ1v) is 5.81. The lowest BCUT2D eigenvalue weighted by atomic mass is 10.2. The van der Waals surface area contributed by atoms with E-state index in [1.807, 2.05) is 24.9 Å². The van der Waals surface area contributed by atoms with E-state index in [4.69, 9.17) is 0 Å². The van der Waals surface area contributed by atoms with Crippen LogP contribution in [0.3, 0.4) is 0 Å². The van der Waals surface area contributed by atoms with Crippen LogP contribution < -0.4 is 11.0 Å². The molecular formula is C11H13N7O. The molecule has 0 radical (unpaired) electrons. The first-order chi connectivity index (χ1) is 9.15. The number of aryl methyl sites for hydroxylation is 1. The van der Waals surface area contributed by atoms with Crippen molar-refractivity contribution in [3.8, 4) is 0 Å². The van der Waals surface area contributed by atoms with Crippen molar-refractivity contribution in [3.05, 3.63) is 40.1 Å². The summed E-state index contributed by atoms with van der Waals surface area (Å²) in [6, 6.07) is 3.50. The number of aromatic amines is 1. The molecule has 0 spiro atoms. The van der Waals surface area contributed by atoms with Gasteiger partial charge in [-0.15, -0.1) is 5.10 Å². The van der Waals surface area contributed by atoms with Gasteiger partial charge in [0.1, 0.15) is 5.82 Å². The van der Waals surface area contributed by atoms with Crippen molar-refractivity contribution in [2.45, 2.75) is 13.5 Å². The second-order valence-electron chi connectivity index (χ2n) is 4.25. The zero-order valence-corrected chi connectivity index (χ0v) is 10.6. The Morgan fingerprint density at radius 3 is 3.00 bits per heavy atom. The second kappa shape index (κ2) is 4.23. The Morgan fingerprint density at radius 2 is 2.26 bits per heavy atom. The lowest BCUT2D eigenvalue weighted by Crippen LogP contribution is -2.14. The van der Waals surface area contributed by atoms with Gasteiger partial charge in [0.25, 0.3) is 0 Å². The van der Waals surface area contributed by atoms with Crippen LogP contribution >= 0.6 is 0 Å². The minimum absolute atomic E-state index is 0.351. The average Bonchev–Trinajstić information content (AvgIpc) is 2.93. The molecule has 0 fully saturated rings. The third-order valence-corrected chi connectivity index (χ3v) is 3.07. The van der Waals surface area contributed by atoms with E-state index in [0.717, 1.165) is 11.3 Å². The highest BCUT2D eigenvalue weighted by molar-refractivity contribution is 5.43. The topological polar surface area (TPSA) is 92.9 Å². The summed E-state index contributed by atoms with van der Waals surface area (Å²) in [6.45, 7) is 2.60. The standard InChI is InChI=1S/C11H13N7O/c1-7-8(6-13-17(7)2)5-12-9-3-4-10-14-15-11(19)18(10)16-9/h3-4,6H,5H2,1-2H3,(H,12,16)(H,15,19). The van der Waals surface area contributed by atoms with Gasteiger partial charge in [0.15, 0.2) is 5.65 Å². The van der Waals surface area contributed by atoms with Crippen LogP contribution in [0.4, 0.5) is 5.82 Å². The number of H-pyrrole nitrogens is 1. The highest BCUT2D eigenvalue weighted by atomic mass is 16.2. The Balaban J connectivity index is 1.83. The molecule has 19 heavy (non-hydrogen) atoms. The molecule has 0 aromatic carbocycles. The van der Waals surface area contributed by atoms with E-state index in [9.17, 15) is 4.79 Å². The van der Waals surface area contributed by atoms with Gasteiger partial charge in [-0.1, -0.05) is 0 Å². The zero-order valence-electron chi connectivity index (χ0n) is 10.6. The van der Waals surface area contributed by atoms with Crippen molar-refractivity contribution in [2.24, 2.45) is 7.05 Å². The molecule has 3 rings (SSSR count). The molecule has 0 saturated heterocycles. The van der Waals surface area contributed by atoms with E-state index in [1.54, 1.807) is 12.1 Å². The number of fused-ring (bicyclic) bond motifs is 1. The summed E-state index contributed by atoms with van der Waals surface area (Å²) >= 11 is 0. The Bertz CT molecular complexity index is 782. The van der Waals surface area contributed by atoms with Crippen LogP contribution in [0.2, 0.25) is 0 Å². The minimum Gasteiger partial charge on any atom is -0.364 e. The molecule has 0 amide bonds. The average molecular weight is 259 g/mol. The number of aromatic nitrogens is 6. The number of anilines is 1. The van der Waals surface area contributed by atoms with Crippen LogP contribution in [-0.2, 0) is 13.6 Å². The Kier molecular flexibility index (Phi) is 2.55. The van der Waals surface area contributed by atoms with E-state index in [0.29, 0.717) is 18.0 Å². The van der Waals surface area contributed by atoms with Crippen LogP contribution in [0.5, 0.6) is 0 Å². The molecule has 8 nitrogen and oxygen atoms in total. The monoisotopic (exact) mass is 259 g/mol. The number of nitrogens with one attached hydrogen (secondary N) is 2. The molecular weight excluding hydrogens is 246 g/mol. The molecule has 8 heteroatoms. The van der Waals surface area contributed by atoms with Gasteiger partial charge in [-0.05, 0) is 19.1 Å².